The molecule has 0 bridgehead atoms. The van der Waals surface area contributed by atoms with Crippen molar-refractivity contribution < 1.29 is 22.7 Å². The molecule has 2 aliphatic heterocycles. The van der Waals surface area contributed by atoms with Gasteiger partial charge in [0.15, 0.2) is 5.49 Å². The highest BCUT2D eigenvalue weighted by molar-refractivity contribution is 5.89. The zero-order chi connectivity index (χ0) is 28.3. The van der Waals surface area contributed by atoms with Crippen LogP contribution >= 0.6 is 0 Å². The Balaban J connectivity index is 1.39. The first-order valence-corrected chi connectivity index (χ1v) is 13.4. The van der Waals surface area contributed by atoms with Crippen molar-refractivity contribution in [1.29, 1.82) is 5.26 Å². The number of benzene rings is 2. The van der Waals surface area contributed by atoms with Crippen LogP contribution in [0.5, 0.6) is 5.75 Å². The van der Waals surface area contributed by atoms with Crippen molar-refractivity contribution in [1.82, 2.24) is 14.5 Å². The maximum absolute atomic E-state index is 14.9. The summed E-state index contributed by atoms with van der Waals surface area (Å²) in [4.78, 5) is 26.3. The number of fused-ring (bicyclic) bond motifs is 4. The quantitative estimate of drug-likeness (QED) is 0.483. The largest absolute Gasteiger partial charge is 0.489 e. The number of carbonyl (C=O) groups is 1. The van der Waals surface area contributed by atoms with Gasteiger partial charge in [-0.05, 0) is 32.8 Å². The summed E-state index contributed by atoms with van der Waals surface area (Å²) < 4.78 is 49.6. The number of halogens is 3. The minimum atomic E-state index is -2.92. The van der Waals surface area contributed by atoms with Gasteiger partial charge in [0, 0.05) is 43.7 Å². The molecule has 3 aromatic rings. The molecule has 1 aliphatic carbocycles. The van der Waals surface area contributed by atoms with E-state index in [1.807, 2.05) is 30.7 Å². The fraction of sp³-hybridized carbons (Fsp3) is 0.448. The number of amides is 1. The molecule has 3 aliphatic rings. The number of nitrogens with zero attached hydrogens (tertiary/aromatic N) is 6. The molecule has 2 fully saturated rings. The van der Waals surface area contributed by atoms with Crippen molar-refractivity contribution in [3.8, 4) is 11.8 Å². The summed E-state index contributed by atoms with van der Waals surface area (Å²) in [6, 6.07) is 9.21. The van der Waals surface area contributed by atoms with Crippen LogP contribution in [0.3, 0.4) is 0 Å². The topological polar surface area (TPSA) is 86.7 Å². The minimum absolute atomic E-state index is 0.0743. The van der Waals surface area contributed by atoms with E-state index < -0.39 is 29.3 Å². The number of aromatic nitrogens is 2. The number of aryl methyl sites for hydroxylation is 2. The van der Waals surface area contributed by atoms with Crippen molar-refractivity contribution in [2.45, 2.75) is 45.2 Å². The smallest absolute Gasteiger partial charge is 0.266 e. The van der Waals surface area contributed by atoms with Gasteiger partial charge < -0.3 is 19.1 Å². The standard InChI is InChI=1S/C29H29F3N6O2/c1-16(19-5-4-6-20(25(19)30)26(31)32)34-27-21-11-23-24(12-22(21)36(3)17(2)35-27)40-14-18-13-37(9-10-38(18)23)28(39)29(15-33)7-8-29/h4-6,11-12,16,18,26H,7-10,13-14H2,1-3H3/b34-27-/t16-,18+/m1/s1. The molecule has 3 heterocycles. The third-order valence-electron chi connectivity index (χ3n) is 8.38. The predicted octanol–water partition coefficient (Wildman–Crippen LogP) is 4.33. The minimum Gasteiger partial charge on any atom is -0.489 e. The fourth-order valence-corrected chi connectivity index (χ4v) is 5.71. The van der Waals surface area contributed by atoms with Gasteiger partial charge in [0.25, 0.3) is 6.43 Å². The van der Waals surface area contributed by atoms with Gasteiger partial charge in [0.1, 0.15) is 29.4 Å². The summed E-state index contributed by atoms with van der Waals surface area (Å²) in [6.45, 7) is 5.45. The second kappa shape index (κ2) is 9.54. The number of piperazine rings is 1. The zero-order valence-corrected chi connectivity index (χ0v) is 22.5. The maximum Gasteiger partial charge on any atom is 0.266 e. The van der Waals surface area contributed by atoms with E-state index in [9.17, 15) is 23.2 Å². The van der Waals surface area contributed by atoms with Gasteiger partial charge >= 0.3 is 0 Å². The van der Waals surface area contributed by atoms with Crippen molar-refractivity contribution in [3.63, 3.8) is 0 Å². The molecule has 1 saturated heterocycles. The Labute approximate surface area is 229 Å². The van der Waals surface area contributed by atoms with Crippen LogP contribution in [-0.2, 0) is 11.8 Å². The molecule has 6 rings (SSSR count). The normalized spacial score (nSPS) is 20.6. The summed E-state index contributed by atoms with van der Waals surface area (Å²) >= 11 is 0. The van der Waals surface area contributed by atoms with Crippen LogP contribution in [0.1, 0.15) is 49.2 Å². The molecule has 2 aromatic carbocycles. The SMILES string of the molecule is Cc1n/c(=N\[C@H](C)c2cccc(C(F)F)c2F)c2cc3c(cc2n1C)OC[C@@H]1CN(C(=O)C2(C#N)CC2)CCN31. The van der Waals surface area contributed by atoms with Gasteiger partial charge in [0.05, 0.1) is 34.9 Å². The van der Waals surface area contributed by atoms with E-state index >= 15 is 0 Å². The second-order valence-electron chi connectivity index (χ2n) is 10.8. The highest BCUT2D eigenvalue weighted by atomic mass is 19.3. The first-order chi connectivity index (χ1) is 19.1. The lowest BCUT2D eigenvalue weighted by Gasteiger charge is -2.46. The molecule has 2 atom stereocenters. The van der Waals surface area contributed by atoms with Crippen LogP contribution in [0, 0.1) is 29.5 Å². The predicted molar refractivity (Wildman–Crippen MR) is 141 cm³/mol. The number of hydrogen-bond donors (Lipinski definition) is 0. The first-order valence-electron chi connectivity index (χ1n) is 13.4. The molecular formula is C29H29F3N6O2. The van der Waals surface area contributed by atoms with E-state index in [4.69, 9.17) is 9.73 Å². The molecule has 1 amide bonds. The van der Waals surface area contributed by atoms with Crippen molar-refractivity contribution >= 4 is 22.5 Å². The lowest BCUT2D eigenvalue weighted by atomic mass is 10.0. The number of hydrogen-bond acceptors (Lipinski definition) is 6. The van der Waals surface area contributed by atoms with Crippen LogP contribution in [0.4, 0.5) is 18.9 Å². The molecule has 11 heteroatoms. The molecule has 208 valence electrons. The fourth-order valence-electron chi connectivity index (χ4n) is 5.71. The number of rotatable bonds is 4. The highest BCUT2D eigenvalue weighted by Crippen LogP contribution is 2.47. The molecule has 1 aromatic heterocycles. The van der Waals surface area contributed by atoms with E-state index in [0.717, 1.165) is 17.3 Å². The zero-order valence-electron chi connectivity index (χ0n) is 22.5. The molecule has 8 nitrogen and oxygen atoms in total. The van der Waals surface area contributed by atoms with Crippen molar-refractivity contribution in [2.24, 2.45) is 17.5 Å². The number of anilines is 1. The molecular weight excluding hydrogens is 521 g/mol. The van der Waals surface area contributed by atoms with E-state index in [-0.39, 0.29) is 17.5 Å². The van der Waals surface area contributed by atoms with Crippen molar-refractivity contribution in [3.05, 3.63) is 58.6 Å². The van der Waals surface area contributed by atoms with Gasteiger partial charge in [-0.25, -0.2) is 18.2 Å². The molecule has 0 radical (unpaired) electrons. The molecule has 0 unspecified atom stereocenters. The van der Waals surface area contributed by atoms with Crippen LogP contribution < -0.4 is 15.1 Å². The summed E-state index contributed by atoms with van der Waals surface area (Å²) in [6.07, 6.45) is -1.69. The summed E-state index contributed by atoms with van der Waals surface area (Å²) in [7, 11) is 1.88. The third-order valence-corrected chi connectivity index (χ3v) is 8.38. The summed E-state index contributed by atoms with van der Waals surface area (Å²) in [5, 5.41) is 10.2. The number of alkyl halides is 2. The Morgan fingerprint density at radius 3 is 2.70 bits per heavy atom. The van der Waals surface area contributed by atoms with Gasteiger partial charge in [-0.2, -0.15) is 5.26 Å². The monoisotopic (exact) mass is 550 g/mol. The number of ether oxygens (including phenoxy) is 1. The van der Waals surface area contributed by atoms with E-state index in [1.54, 1.807) is 11.8 Å². The molecule has 40 heavy (non-hydrogen) atoms. The Morgan fingerprint density at radius 2 is 2.00 bits per heavy atom. The van der Waals surface area contributed by atoms with Crippen LogP contribution in [0.2, 0.25) is 0 Å². The Hall–Kier alpha value is -4.07. The molecule has 0 spiro atoms. The summed E-state index contributed by atoms with van der Waals surface area (Å²) in [5.74, 6) is 0.327. The van der Waals surface area contributed by atoms with E-state index in [2.05, 4.69) is 16.0 Å². The lowest BCUT2D eigenvalue weighted by molar-refractivity contribution is -0.136. The Bertz CT molecular complexity index is 1640. The lowest BCUT2D eigenvalue weighted by Crippen LogP contribution is -2.59. The van der Waals surface area contributed by atoms with Gasteiger partial charge in [-0.3, -0.25) is 9.79 Å². The average molecular weight is 551 g/mol. The van der Waals surface area contributed by atoms with Gasteiger partial charge in [-0.15, -0.1) is 0 Å². The first kappa shape index (κ1) is 26.2. The second-order valence-corrected chi connectivity index (χ2v) is 10.8. The highest BCUT2D eigenvalue weighted by Gasteiger charge is 2.53. The summed E-state index contributed by atoms with van der Waals surface area (Å²) in [5.41, 5.74) is 0.611. The Morgan fingerprint density at radius 1 is 1.25 bits per heavy atom. The van der Waals surface area contributed by atoms with Gasteiger partial charge in [0.2, 0.25) is 5.91 Å². The Kier molecular flexibility index (Phi) is 6.24. The average Bonchev–Trinajstić information content (AvgIpc) is 3.75. The number of nitriles is 1. The van der Waals surface area contributed by atoms with Crippen LogP contribution in [0.15, 0.2) is 35.3 Å². The third kappa shape index (κ3) is 4.17. The van der Waals surface area contributed by atoms with Crippen molar-refractivity contribution in [2.75, 3.05) is 31.1 Å². The van der Waals surface area contributed by atoms with Gasteiger partial charge in [-0.1, -0.05) is 18.2 Å². The maximum atomic E-state index is 14.9. The van der Waals surface area contributed by atoms with E-state index in [1.165, 1.54) is 12.1 Å². The molecule has 0 N–H and O–H groups in total. The molecule has 1 saturated carbocycles. The van der Waals surface area contributed by atoms with Crippen LogP contribution in [0.25, 0.3) is 10.9 Å². The van der Waals surface area contributed by atoms with E-state index in [0.29, 0.717) is 61.5 Å². The number of carbonyl (C=O) groups excluding carboxylic acids is 1. The van der Waals surface area contributed by atoms with Crippen LogP contribution in [-0.4, -0.2) is 52.6 Å².